The average molecular weight is 453 g/mol. The fourth-order valence-corrected chi connectivity index (χ4v) is 3.00. The Morgan fingerprint density at radius 2 is 2.12 bits per heavy atom. The maximum absolute atomic E-state index is 5.95. The minimum Gasteiger partial charge on any atom is -0.370 e. The molecular weight excluding hydrogens is 433 g/mol. The van der Waals surface area contributed by atoms with E-state index in [0.717, 1.165) is 24.2 Å². The topological polar surface area (TPSA) is 68.2 Å². The Labute approximate surface area is 162 Å². The highest BCUT2D eigenvalue weighted by Gasteiger charge is 2.03. The summed E-state index contributed by atoms with van der Waals surface area (Å²) in [4.78, 5) is 9.87. The number of rotatable bonds is 6. The number of thiophene rings is 1. The third-order valence-corrected chi connectivity index (χ3v) is 4.39. The Kier molecular flexibility index (Phi) is 7.26. The predicted octanol–water partition coefficient (Wildman–Crippen LogP) is 3.20. The number of nitrogens with zero attached hydrogens (tertiary/aromatic N) is 3. The van der Waals surface area contributed by atoms with Gasteiger partial charge in [0.25, 0.3) is 0 Å². The van der Waals surface area contributed by atoms with Crippen LogP contribution < -0.4 is 11.1 Å². The van der Waals surface area contributed by atoms with Crippen molar-refractivity contribution >= 4 is 41.3 Å². The number of aromatic nitrogens is 2. The van der Waals surface area contributed by atoms with Gasteiger partial charge < -0.3 is 15.6 Å². The molecule has 2 heterocycles. The molecule has 0 radical (unpaired) electrons. The summed E-state index contributed by atoms with van der Waals surface area (Å²) in [5.41, 5.74) is 8.13. The van der Waals surface area contributed by atoms with Crippen LogP contribution in [-0.2, 0) is 13.0 Å². The van der Waals surface area contributed by atoms with E-state index < -0.39 is 0 Å². The number of halogens is 1. The van der Waals surface area contributed by atoms with Crippen LogP contribution in [0.4, 0.5) is 0 Å². The molecule has 3 aromatic rings. The van der Waals surface area contributed by atoms with Crippen LogP contribution in [0.15, 0.2) is 65.5 Å². The van der Waals surface area contributed by atoms with Gasteiger partial charge in [-0.1, -0.05) is 24.3 Å². The van der Waals surface area contributed by atoms with Crippen LogP contribution in [-0.4, -0.2) is 22.1 Å². The minimum absolute atomic E-state index is 0. The zero-order valence-electron chi connectivity index (χ0n) is 13.1. The van der Waals surface area contributed by atoms with E-state index in [9.17, 15) is 0 Å². The summed E-state index contributed by atoms with van der Waals surface area (Å²) in [6.07, 6.45) is 6.43. The molecule has 0 saturated carbocycles. The van der Waals surface area contributed by atoms with Crippen LogP contribution in [0.1, 0.15) is 10.4 Å². The molecular formula is C17H20IN5S. The van der Waals surface area contributed by atoms with Crippen molar-refractivity contribution in [1.29, 1.82) is 0 Å². The van der Waals surface area contributed by atoms with Gasteiger partial charge in [0.1, 0.15) is 0 Å². The van der Waals surface area contributed by atoms with Crippen molar-refractivity contribution in [2.24, 2.45) is 10.7 Å². The molecule has 0 unspecified atom stereocenters. The summed E-state index contributed by atoms with van der Waals surface area (Å²) >= 11 is 1.76. The number of imidazole rings is 1. The summed E-state index contributed by atoms with van der Waals surface area (Å²) in [6.45, 7) is 1.32. The fraction of sp³-hybridized carbons (Fsp3) is 0.176. The van der Waals surface area contributed by atoms with Crippen molar-refractivity contribution < 1.29 is 0 Å². The zero-order chi connectivity index (χ0) is 15.9. The quantitative estimate of drug-likeness (QED) is 0.342. The number of nitrogens with two attached hydrogens (primary N) is 1. The van der Waals surface area contributed by atoms with Crippen molar-refractivity contribution in [3.63, 3.8) is 0 Å². The molecule has 0 amide bonds. The molecule has 7 heteroatoms. The van der Waals surface area contributed by atoms with Crippen LogP contribution >= 0.6 is 35.3 Å². The van der Waals surface area contributed by atoms with E-state index >= 15 is 0 Å². The van der Waals surface area contributed by atoms with Crippen molar-refractivity contribution in [2.75, 3.05) is 6.54 Å². The molecule has 1 aromatic carbocycles. The van der Waals surface area contributed by atoms with E-state index in [0.29, 0.717) is 12.5 Å². The normalized spacial score (nSPS) is 11.1. The number of hydrogen-bond acceptors (Lipinski definition) is 3. The molecule has 3 rings (SSSR count). The molecule has 0 fully saturated rings. The number of nitrogens with one attached hydrogen (secondary N) is 1. The first-order chi connectivity index (χ1) is 11.3. The minimum atomic E-state index is 0. The number of hydrogen-bond donors (Lipinski definition) is 2. The monoisotopic (exact) mass is 453 g/mol. The summed E-state index contributed by atoms with van der Waals surface area (Å²) < 4.78 is 1.98. The molecule has 0 aliphatic rings. The summed E-state index contributed by atoms with van der Waals surface area (Å²) in [7, 11) is 0. The second-order valence-electron chi connectivity index (χ2n) is 5.06. The highest BCUT2D eigenvalue weighted by Crippen LogP contribution is 2.15. The maximum Gasteiger partial charge on any atom is 0.188 e. The largest absolute Gasteiger partial charge is 0.370 e. The second-order valence-corrected chi connectivity index (χ2v) is 6.09. The first kappa shape index (κ1) is 18.5. The smallest absolute Gasteiger partial charge is 0.188 e. The Morgan fingerprint density at radius 3 is 2.88 bits per heavy atom. The van der Waals surface area contributed by atoms with Crippen LogP contribution in [0.3, 0.4) is 0 Å². The van der Waals surface area contributed by atoms with Crippen LogP contribution in [0.25, 0.3) is 5.69 Å². The molecule has 0 aliphatic carbocycles. The average Bonchev–Trinajstić information content (AvgIpc) is 3.27. The first-order valence-electron chi connectivity index (χ1n) is 7.45. The summed E-state index contributed by atoms with van der Waals surface area (Å²) in [6, 6.07) is 12.3. The van der Waals surface area contributed by atoms with Crippen molar-refractivity contribution in [3.05, 3.63) is 70.9 Å². The Bertz CT molecular complexity index is 753. The molecule has 0 spiro atoms. The van der Waals surface area contributed by atoms with Gasteiger partial charge in [0.05, 0.1) is 18.6 Å². The zero-order valence-corrected chi connectivity index (χ0v) is 16.3. The number of aliphatic imine (C=N–C) groups is 1. The Hall–Kier alpha value is -1.87. The number of guanidine groups is 1. The van der Waals surface area contributed by atoms with E-state index in [1.165, 1.54) is 4.88 Å². The highest BCUT2D eigenvalue weighted by atomic mass is 127. The van der Waals surface area contributed by atoms with Crippen molar-refractivity contribution in [1.82, 2.24) is 14.9 Å². The number of para-hydroxylation sites is 1. The van der Waals surface area contributed by atoms with Crippen molar-refractivity contribution in [3.8, 4) is 5.69 Å². The second kappa shape index (κ2) is 9.43. The lowest BCUT2D eigenvalue weighted by Gasteiger charge is -2.09. The molecule has 0 atom stereocenters. The van der Waals surface area contributed by atoms with E-state index in [2.05, 4.69) is 38.9 Å². The lowest BCUT2D eigenvalue weighted by Crippen LogP contribution is -2.33. The third-order valence-electron chi connectivity index (χ3n) is 3.45. The fourth-order valence-electron chi connectivity index (χ4n) is 2.29. The molecule has 0 saturated heterocycles. The van der Waals surface area contributed by atoms with Gasteiger partial charge in [-0.3, -0.25) is 0 Å². The molecule has 24 heavy (non-hydrogen) atoms. The summed E-state index contributed by atoms with van der Waals surface area (Å²) in [5.74, 6) is 0.474. The molecule has 3 N–H and O–H groups in total. The molecule has 0 aliphatic heterocycles. The Balaban J connectivity index is 0.00000208. The van der Waals surface area contributed by atoms with Gasteiger partial charge in [-0.2, -0.15) is 0 Å². The van der Waals surface area contributed by atoms with E-state index in [4.69, 9.17) is 5.73 Å². The molecule has 5 nitrogen and oxygen atoms in total. The van der Waals surface area contributed by atoms with E-state index in [1.807, 2.05) is 29.0 Å². The highest BCUT2D eigenvalue weighted by molar-refractivity contribution is 14.0. The third kappa shape index (κ3) is 5.07. The van der Waals surface area contributed by atoms with E-state index in [-0.39, 0.29) is 24.0 Å². The standard InChI is InChI=1S/C17H19N5S.HI/c18-17(20-8-7-15-5-3-11-23-15)21-12-14-4-1-2-6-16(14)22-10-9-19-13-22;/h1-6,9-11,13H,7-8,12H2,(H3,18,20,21);1H. The van der Waals surface area contributed by atoms with Crippen LogP contribution in [0, 0.1) is 0 Å². The molecule has 126 valence electrons. The predicted molar refractivity (Wildman–Crippen MR) is 110 cm³/mol. The summed E-state index contributed by atoms with van der Waals surface area (Å²) in [5, 5.41) is 5.24. The maximum atomic E-state index is 5.95. The van der Waals surface area contributed by atoms with Gasteiger partial charge in [0.2, 0.25) is 0 Å². The van der Waals surface area contributed by atoms with Gasteiger partial charge in [0.15, 0.2) is 5.96 Å². The Morgan fingerprint density at radius 1 is 1.25 bits per heavy atom. The van der Waals surface area contributed by atoms with Gasteiger partial charge in [-0.05, 0) is 29.5 Å². The SMILES string of the molecule is I.NC(=NCc1ccccc1-n1ccnc1)NCCc1cccs1. The van der Waals surface area contributed by atoms with Gasteiger partial charge >= 0.3 is 0 Å². The van der Waals surface area contributed by atoms with Gasteiger partial charge in [0, 0.05) is 23.8 Å². The molecule has 0 bridgehead atoms. The van der Waals surface area contributed by atoms with E-state index in [1.54, 1.807) is 23.9 Å². The number of benzene rings is 1. The van der Waals surface area contributed by atoms with Crippen LogP contribution in [0.2, 0.25) is 0 Å². The van der Waals surface area contributed by atoms with Gasteiger partial charge in [-0.15, -0.1) is 35.3 Å². The lowest BCUT2D eigenvalue weighted by atomic mass is 10.2. The lowest BCUT2D eigenvalue weighted by molar-refractivity contribution is 0.855. The van der Waals surface area contributed by atoms with Gasteiger partial charge in [-0.25, -0.2) is 9.98 Å². The first-order valence-corrected chi connectivity index (χ1v) is 8.33. The van der Waals surface area contributed by atoms with Crippen molar-refractivity contribution in [2.45, 2.75) is 13.0 Å². The van der Waals surface area contributed by atoms with Crippen LogP contribution in [0.5, 0.6) is 0 Å². The molecule has 2 aromatic heterocycles.